The molecule has 0 amide bonds. The minimum Gasteiger partial charge on any atom is -0.501 e. The molecule has 0 bridgehead atoms. The molecule has 0 unspecified atom stereocenters. The molecule has 0 saturated heterocycles. The third-order valence-electron chi connectivity index (χ3n) is 4.49. The molecule has 8 nitrogen and oxygen atoms in total. The summed E-state index contributed by atoms with van der Waals surface area (Å²) in [6.07, 6.45) is 3.33. The average molecular weight is 405 g/mol. The van der Waals surface area contributed by atoms with Gasteiger partial charge >= 0.3 is 0 Å². The predicted molar refractivity (Wildman–Crippen MR) is 110 cm³/mol. The number of imidazole rings is 1. The Kier molecular flexibility index (Phi) is 5.32. The second-order valence-corrected chi connectivity index (χ2v) is 6.47. The van der Waals surface area contributed by atoms with Crippen LogP contribution in [0.1, 0.15) is 5.76 Å². The highest BCUT2D eigenvalue weighted by atomic mass is 16.5. The van der Waals surface area contributed by atoms with E-state index in [-0.39, 0.29) is 18.1 Å². The van der Waals surface area contributed by atoms with Gasteiger partial charge < -0.3 is 24.0 Å². The topological polar surface area (TPSA) is 110 Å². The van der Waals surface area contributed by atoms with Crippen molar-refractivity contribution in [1.29, 1.82) is 0 Å². The molecule has 0 spiro atoms. The standard InChI is InChI=1S/C22H19N3O5/c1-28-12-16-10-17(26)20(27)21(30-16)19-18(13-5-7-15(29-2)8-6-13)24-22(25-19)14-4-3-9-23-11-14/h3-11,27H,12H2,1-2H3,(H,24,25). The first-order chi connectivity index (χ1) is 14.6. The molecule has 2 N–H and O–H groups in total. The molecule has 3 aromatic heterocycles. The van der Waals surface area contributed by atoms with Gasteiger partial charge in [0.2, 0.25) is 11.2 Å². The molecule has 0 radical (unpaired) electrons. The molecule has 8 heteroatoms. The Morgan fingerprint density at radius 2 is 1.93 bits per heavy atom. The zero-order chi connectivity index (χ0) is 21.1. The third kappa shape index (κ3) is 3.68. The van der Waals surface area contributed by atoms with Gasteiger partial charge in [-0.05, 0) is 36.4 Å². The smallest absolute Gasteiger partial charge is 0.227 e. The summed E-state index contributed by atoms with van der Waals surface area (Å²) in [5.41, 5.74) is 1.79. The van der Waals surface area contributed by atoms with Gasteiger partial charge in [0, 0.05) is 36.7 Å². The molecule has 0 saturated carbocycles. The van der Waals surface area contributed by atoms with Crippen molar-refractivity contribution in [3.05, 3.63) is 70.8 Å². The van der Waals surface area contributed by atoms with Gasteiger partial charge in [-0.2, -0.15) is 0 Å². The lowest BCUT2D eigenvalue weighted by Gasteiger charge is -2.07. The SMILES string of the molecule is COCc1cc(=O)c(O)c(-c2[nH]c(-c3cccnc3)nc2-c2ccc(OC)cc2)o1. The van der Waals surface area contributed by atoms with Gasteiger partial charge in [-0.15, -0.1) is 0 Å². The van der Waals surface area contributed by atoms with Gasteiger partial charge in [0.25, 0.3) is 0 Å². The number of H-pyrrole nitrogens is 1. The van der Waals surface area contributed by atoms with E-state index in [0.29, 0.717) is 23.0 Å². The molecule has 152 valence electrons. The third-order valence-corrected chi connectivity index (χ3v) is 4.49. The largest absolute Gasteiger partial charge is 0.501 e. The maximum absolute atomic E-state index is 12.3. The highest BCUT2D eigenvalue weighted by Gasteiger charge is 2.22. The molecule has 0 aliphatic heterocycles. The molecular formula is C22H19N3O5. The van der Waals surface area contributed by atoms with Crippen LogP contribution in [0.3, 0.4) is 0 Å². The van der Waals surface area contributed by atoms with Gasteiger partial charge in [0.05, 0.1) is 7.11 Å². The summed E-state index contributed by atoms with van der Waals surface area (Å²) in [5, 5.41) is 10.4. The number of methoxy groups -OCH3 is 2. The number of aromatic hydroxyl groups is 1. The van der Waals surface area contributed by atoms with Crippen LogP contribution in [0.25, 0.3) is 34.1 Å². The van der Waals surface area contributed by atoms with E-state index in [1.807, 2.05) is 18.2 Å². The van der Waals surface area contributed by atoms with Crippen LogP contribution < -0.4 is 10.2 Å². The maximum Gasteiger partial charge on any atom is 0.227 e. The van der Waals surface area contributed by atoms with E-state index >= 15 is 0 Å². The first kappa shape index (κ1) is 19.4. The molecule has 0 fully saturated rings. The normalized spacial score (nSPS) is 10.9. The number of hydrogen-bond acceptors (Lipinski definition) is 7. The lowest BCUT2D eigenvalue weighted by molar-refractivity contribution is 0.162. The molecule has 1 aromatic carbocycles. The predicted octanol–water partition coefficient (Wildman–Crippen LogP) is 3.62. The molecule has 4 aromatic rings. The quantitative estimate of drug-likeness (QED) is 0.504. The number of nitrogens with zero attached hydrogens (tertiary/aromatic N) is 2. The van der Waals surface area contributed by atoms with Crippen molar-refractivity contribution >= 4 is 0 Å². The number of ether oxygens (including phenoxy) is 2. The Morgan fingerprint density at radius 3 is 2.60 bits per heavy atom. The Bertz CT molecular complexity index is 1210. The molecular weight excluding hydrogens is 386 g/mol. The van der Waals surface area contributed by atoms with Crippen LogP contribution in [0.5, 0.6) is 11.5 Å². The second kappa shape index (κ2) is 8.22. The first-order valence-corrected chi connectivity index (χ1v) is 9.11. The number of benzene rings is 1. The summed E-state index contributed by atoms with van der Waals surface area (Å²) in [7, 11) is 3.08. The minimum atomic E-state index is -0.568. The van der Waals surface area contributed by atoms with Crippen molar-refractivity contribution in [1.82, 2.24) is 15.0 Å². The molecule has 4 rings (SSSR count). The summed E-state index contributed by atoms with van der Waals surface area (Å²) in [6.45, 7) is 0.0873. The van der Waals surface area contributed by atoms with Crippen LogP contribution in [-0.2, 0) is 11.3 Å². The van der Waals surface area contributed by atoms with E-state index in [4.69, 9.17) is 13.9 Å². The average Bonchev–Trinajstić information content (AvgIpc) is 3.22. The Balaban J connectivity index is 1.94. The fraction of sp³-hybridized carbons (Fsp3) is 0.136. The van der Waals surface area contributed by atoms with Crippen LogP contribution in [0.2, 0.25) is 0 Å². The van der Waals surface area contributed by atoms with Crippen molar-refractivity contribution in [3.8, 4) is 45.6 Å². The van der Waals surface area contributed by atoms with E-state index in [1.54, 1.807) is 37.7 Å². The van der Waals surface area contributed by atoms with Crippen LogP contribution >= 0.6 is 0 Å². The molecule has 30 heavy (non-hydrogen) atoms. The van der Waals surface area contributed by atoms with Crippen molar-refractivity contribution < 1.29 is 19.0 Å². The molecule has 0 aliphatic rings. The van der Waals surface area contributed by atoms with Crippen LogP contribution in [-0.4, -0.2) is 34.3 Å². The fourth-order valence-corrected chi connectivity index (χ4v) is 3.05. The zero-order valence-corrected chi connectivity index (χ0v) is 16.4. The van der Waals surface area contributed by atoms with Crippen molar-refractivity contribution in [2.24, 2.45) is 0 Å². The zero-order valence-electron chi connectivity index (χ0n) is 16.4. The number of hydrogen-bond donors (Lipinski definition) is 2. The van der Waals surface area contributed by atoms with E-state index < -0.39 is 11.2 Å². The summed E-state index contributed by atoms with van der Waals surface area (Å²) >= 11 is 0. The monoisotopic (exact) mass is 405 g/mol. The number of aromatic amines is 1. The summed E-state index contributed by atoms with van der Waals surface area (Å²) in [4.78, 5) is 24.3. The van der Waals surface area contributed by atoms with Gasteiger partial charge in [0.1, 0.15) is 35.3 Å². The molecule has 3 heterocycles. The Hall–Kier alpha value is -3.91. The number of rotatable bonds is 6. The highest BCUT2D eigenvalue weighted by molar-refractivity contribution is 5.81. The van der Waals surface area contributed by atoms with E-state index in [0.717, 1.165) is 11.1 Å². The van der Waals surface area contributed by atoms with Gasteiger partial charge in [-0.1, -0.05) is 0 Å². The summed E-state index contributed by atoms with van der Waals surface area (Å²) < 4.78 is 16.1. The van der Waals surface area contributed by atoms with Crippen molar-refractivity contribution in [3.63, 3.8) is 0 Å². The Morgan fingerprint density at radius 1 is 1.13 bits per heavy atom. The number of nitrogens with one attached hydrogen (secondary N) is 1. The van der Waals surface area contributed by atoms with Crippen molar-refractivity contribution in [2.45, 2.75) is 6.61 Å². The molecule has 0 atom stereocenters. The second-order valence-electron chi connectivity index (χ2n) is 6.47. The lowest BCUT2D eigenvalue weighted by atomic mass is 10.1. The summed E-state index contributed by atoms with van der Waals surface area (Å²) in [5.74, 6) is 0.977. The van der Waals surface area contributed by atoms with Gasteiger partial charge in [-0.3, -0.25) is 9.78 Å². The van der Waals surface area contributed by atoms with Crippen molar-refractivity contribution in [2.75, 3.05) is 14.2 Å². The van der Waals surface area contributed by atoms with Crippen LogP contribution in [0, 0.1) is 0 Å². The number of pyridine rings is 1. The van der Waals surface area contributed by atoms with Crippen LogP contribution in [0.4, 0.5) is 0 Å². The van der Waals surface area contributed by atoms with Crippen LogP contribution in [0.15, 0.2) is 64.1 Å². The molecule has 0 aliphatic carbocycles. The maximum atomic E-state index is 12.3. The van der Waals surface area contributed by atoms with Gasteiger partial charge in [-0.25, -0.2) is 4.98 Å². The summed E-state index contributed by atoms with van der Waals surface area (Å²) in [6, 6.07) is 12.1. The fourth-order valence-electron chi connectivity index (χ4n) is 3.05. The van der Waals surface area contributed by atoms with E-state index in [2.05, 4.69) is 15.0 Å². The Labute approximate surface area is 171 Å². The highest BCUT2D eigenvalue weighted by Crippen LogP contribution is 2.36. The lowest BCUT2D eigenvalue weighted by Crippen LogP contribution is -2.04. The van der Waals surface area contributed by atoms with E-state index in [1.165, 1.54) is 13.2 Å². The minimum absolute atomic E-state index is 0.0111. The first-order valence-electron chi connectivity index (χ1n) is 9.11. The van der Waals surface area contributed by atoms with E-state index in [9.17, 15) is 9.90 Å². The number of aromatic nitrogens is 3. The van der Waals surface area contributed by atoms with Gasteiger partial charge in [0.15, 0.2) is 5.76 Å².